The van der Waals surface area contributed by atoms with Crippen molar-refractivity contribution in [2.45, 2.75) is 24.2 Å². The summed E-state index contributed by atoms with van der Waals surface area (Å²) in [5, 5.41) is 0. The number of allylic oxidation sites excluding steroid dienone is 4. The predicted molar refractivity (Wildman–Crippen MR) is 63.3 cm³/mol. The van der Waals surface area contributed by atoms with Gasteiger partial charge in [-0.15, -0.1) is 0 Å². The van der Waals surface area contributed by atoms with E-state index in [9.17, 15) is 0 Å². The lowest BCUT2D eigenvalue weighted by atomic mass is 9.96. The van der Waals surface area contributed by atoms with Crippen molar-refractivity contribution in [1.82, 2.24) is 0 Å². The van der Waals surface area contributed by atoms with Crippen molar-refractivity contribution in [3.63, 3.8) is 0 Å². The standard InChI is InChI=1S/C10H14IN/c1-7(2)9-5-4-8(11)6-10(9)12-3/h4-5,8H,6H2,1-3H3/b12-10-/t8-/m1/s1. The van der Waals surface area contributed by atoms with Gasteiger partial charge in [0.1, 0.15) is 0 Å². The minimum Gasteiger partial charge on any atom is -0.292 e. The SMILES string of the molecule is C/N=C1/C[C@H](I)C=CC1=C(C)C. The van der Waals surface area contributed by atoms with Gasteiger partial charge >= 0.3 is 0 Å². The highest BCUT2D eigenvalue weighted by Crippen LogP contribution is 2.22. The fraction of sp³-hybridized carbons (Fsp3) is 0.500. The molecule has 0 bridgehead atoms. The molecule has 0 heterocycles. The van der Waals surface area contributed by atoms with Crippen LogP contribution in [0.5, 0.6) is 0 Å². The summed E-state index contributed by atoms with van der Waals surface area (Å²) in [4.78, 5) is 4.30. The molecular formula is C10H14IN. The quantitative estimate of drug-likeness (QED) is 0.475. The van der Waals surface area contributed by atoms with Crippen LogP contribution in [-0.4, -0.2) is 16.7 Å². The second-order valence-electron chi connectivity index (χ2n) is 3.16. The Labute approximate surface area is 87.8 Å². The van der Waals surface area contributed by atoms with Crippen LogP contribution in [0.1, 0.15) is 20.3 Å². The lowest BCUT2D eigenvalue weighted by Crippen LogP contribution is -2.13. The second kappa shape index (κ2) is 4.21. The molecule has 0 aliphatic heterocycles. The van der Waals surface area contributed by atoms with E-state index >= 15 is 0 Å². The minimum absolute atomic E-state index is 0.615. The van der Waals surface area contributed by atoms with Crippen LogP contribution in [-0.2, 0) is 0 Å². The minimum atomic E-state index is 0.615. The predicted octanol–water partition coefficient (Wildman–Crippen LogP) is 3.16. The Kier molecular flexibility index (Phi) is 3.50. The number of hydrogen-bond acceptors (Lipinski definition) is 1. The Morgan fingerprint density at radius 3 is 2.75 bits per heavy atom. The van der Waals surface area contributed by atoms with Crippen LogP contribution in [0.2, 0.25) is 0 Å². The van der Waals surface area contributed by atoms with Gasteiger partial charge in [0.25, 0.3) is 0 Å². The van der Waals surface area contributed by atoms with Crippen LogP contribution in [0.3, 0.4) is 0 Å². The van der Waals surface area contributed by atoms with Gasteiger partial charge in [0.2, 0.25) is 0 Å². The Morgan fingerprint density at radius 2 is 2.25 bits per heavy atom. The third kappa shape index (κ3) is 2.19. The van der Waals surface area contributed by atoms with E-state index in [0.29, 0.717) is 3.92 Å². The van der Waals surface area contributed by atoms with E-state index in [1.54, 1.807) is 0 Å². The first-order valence-electron chi connectivity index (χ1n) is 4.11. The maximum atomic E-state index is 4.30. The van der Waals surface area contributed by atoms with Crippen LogP contribution in [0.25, 0.3) is 0 Å². The average Bonchev–Trinajstić information content (AvgIpc) is 2.03. The normalized spacial score (nSPS) is 26.5. The molecule has 0 aromatic carbocycles. The summed E-state index contributed by atoms with van der Waals surface area (Å²) < 4.78 is 0.615. The van der Waals surface area contributed by atoms with Crippen LogP contribution in [0, 0.1) is 0 Å². The molecule has 0 unspecified atom stereocenters. The topological polar surface area (TPSA) is 12.4 Å². The van der Waals surface area contributed by atoms with Crippen LogP contribution < -0.4 is 0 Å². The summed E-state index contributed by atoms with van der Waals surface area (Å²) in [5.74, 6) is 0. The molecule has 0 N–H and O–H groups in total. The fourth-order valence-electron chi connectivity index (χ4n) is 1.33. The number of halogens is 1. The highest BCUT2D eigenvalue weighted by atomic mass is 127. The van der Waals surface area contributed by atoms with Gasteiger partial charge in [-0.3, -0.25) is 4.99 Å². The van der Waals surface area contributed by atoms with Crippen molar-refractivity contribution in [1.29, 1.82) is 0 Å². The van der Waals surface area contributed by atoms with E-state index in [2.05, 4.69) is 53.6 Å². The second-order valence-corrected chi connectivity index (χ2v) is 4.76. The first kappa shape index (κ1) is 9.96. The Balaban J connectivity index is 3.03. The number of hydrogen-bond donors (Lipinski definition) is 0. The molecule has 0 aromatic heterocycles. The van der Waals surface area contributed by atoms with Gasteiger partial charge in [-0.25, -0.2) is 0 Å². The molecule has 0 fully saturated rings. The van der Waals surface area contributed by atoms with Gasteiger partial charge in [-0.2, -0.15) is 0 Å². The van der Waals surface area contributed by atoms with Crippen molar-refractivity contribution in [3.05, 3.63) is 23.3 Å². The summed E-state index contributed by atoms with van der Waals surface area (Å²) >= 11 is 2.44. The van der Waals surface area contributed by atoms with Crippen LogP contribution >= 0.6 is 22.6 Å². The van der Waals surface area contributed by atoms with E-state index in [4.69, 9.17) is 0 Å². The average molecular weight is 275 g/mol. The van der Waals surface area contributed by atoms with Gasteiger partial charge in [0, 0.05) is 23.1 Å². The van der Waals surface area contributed by atoms with Gasteiger partial charge in [-0.1, -0.05) is 40.3 Å². The zero-order valence-corrected chi connectivity index (χ0v) is 9.92. The number of nitrogens with zero attached hydrogens (tertiary/aromatic N) is 1. The smallest absolute Gasteiger partial charge is 0.0429 e. The van der Waals surface area contributed by atoms with Gasteiger partial charge < -0.3 is 0 Å². The molecule has 0 saturated carbocycles. The van der Waals surface area contributed by atoms with Crippen molar-refractivity contribution < 1.29 is 0 Å². The maximum absolute atomic E-state index is 4.30. The lowest BCUT2D eigenvalue weighted by Gasteiger charge is -2.16. The van der Waals surface area contributed by atoms with Gasteiger partial charge in [0.15, 0.2) is 0 Å². The zero-order valence-electron chi connectivity index (χ0n) is 7.76. The molecular weight excluding hydrogens is 261 g/mol. The van der Waals surface area contributed by atoms with Crippen molar-refractivity contribution >= 4 is 28.3 Å². The van der Waals surface area contributed by atoms with E-state index in [1.807, 2.05) is 7.05 Å². The fourth-order valence-corrected chi connectivity index (χ4v) is 1.95. The monoisotopic (exact) mass is 275 g/mol. The largest absolute Gasteiger partial charge is 0.292 e. The number of alkyl halides is 1. The highest BCUT2D eigenvalue weighted by molar-refractivity contribution is 14.1. The molecule has 0 amide bonds. The Bertz CT molecular complexity index is 257. The third-order valence-electron chi connectivity index (χ3n) is 1.98. The molecule has 1 aliphatic carbocycles. The first-order chi connectivity index (χ1) is 5.65. The molecule has 2 heteroatoms. The van der Waals surface area contributed by atoms with Crippen LogP contribution in [0.4, 0.5) is 0 Å². The van der Waals surface area contributed by atoms with E-state index in [1.165, 1.54) is 16.9 Å². The van der Waals surface area contributed by atoms with Crippen molar-refractivity contribution in [3.8, 4) is 0 Å². The summed E-state index contributed by atoms with van der Waals surface area (Å²) in [6.45, 7) is 4.27. The molecule has 1 aliphatic rings. The van der Waals surface area contributed by atoms with E-state index in [-0.39, 0.29) is 0 Å². The molecule has 0 radical (unpaired) electrons. The van der Waals surface area contributed by atoms with Crippen LogP contribution in [0.15, 0.2) is 28.3 Å². The van der Waals surface area contributed by atoms with Gasteiger partial charge in [0.05, 0.1) is 0 Å². The van der Waals surface area contributed by atoms with Crippen molar-refractivity contribution in [2.24, 2.45) is 4.99 Å². The number of rotatable bonds is 0. The Hall–Kier alpha value is -0.120. The molecule has 12 heavy (non-hydrogen) atoms. The summed E-state index contributed by atoms with van der Waals surface area (Å²) in [6.07, 6.45) is 5.52. The third-order valence-corrected chi connectivity index (χ3v) is 2.84. The van der Waals surface area contributed by atoms with Gasteiger partial charge in [-0.05, 0) is 19.4 Å². The summed E-state index contributed by atoms with van der Waals surface area (Å²) in [6, 6.07) is 0. The summed E-state index contributed by atoms with van der Waals surface area (Å²) in [7, 11) is 1.88. The van der Waals surface area contributed by atoms with E-state index in [0.717, 1.165) is 6.42 Å². The molecule has 1 rings (SSSR count). The molecule has 0 aromatic rings. The Morgan fingerprint density at radius 1 is 1.58 bits per heavy atom. The molecule has 1 atom stereocenters. The zero-order chi connectivity index (χ0) is 9.14. The summed E-state index contributed by atoms with van der Waals surface area (Å²) in [5.41, 5.74) is 3.93. The molecule has 1 nitrogen and oxygen atoms in total. The maximum Gasteiger partial charge on any atom is 0.0429 e. The lowest BCUT2D eigenvalue weighted by molar-refractivity contribution is 1.11. The molecule has 0 saturated heterocycles. The van der Waals surface area contributed by atoms with Crippen molar-refractivity contribution in [2.75, 3.05) is 7.05 Å². The molecule has 66 valence electrons. The molecule has 0 spiro atoms. The highest BCUT2D eigenvalue weighted by Gasteiger charge is 2.14. The first-order valence-corrected chi connectivity index (χ1v) is 5.35. The number of aliphatic imine (C=N–C) groups is 1. The van der Waals surface area contributed by atoms with E-state index < -0.39 is 0 Å².